The third-order valence-corrected chi connectivity index (χ3v) is 3.95. The molecule has 0 fully saturated rings. The Balaban J connectivity index is 1.64. The van der Waals surface area contributed by atoms with Gasteiger partial charge in [0, 0.05) is 25.2 Å². The highest BCUT2D eigenvalue weighted by Gasteiger charge is 2.09. The second-order valence-corrected chi connectivity index (χ2v) is 6.36. The summed E-state index contributed by atoms with van der Waals surface area (Å²) in [7, 11) is 0. The number of rotatable bonds is 8. The van der Waals surface area contributed by atoms with Crippen molar-refractivity contribution in [2.24, 2.45) is 5.92 Å². The van der Waals surface area contributed by atoms with Crippen molar-refractivity contribution < 1.29 is 4.79 Å². The Labute approximate surface area is 138 Å². The number of nitrogens with one attached hydrogen (secondary N) is 1. The zero-order chi connectivity index (χ0) is 16.7. The lowest BCUT2D eigenvalue weighted by Crippen LogP contribution is -2.30. The van der Waals surface area contributed by atoms with E-state index in [0.29, 0.717) is 18.9 Å². The first-order valence-corrected chi connectivity index (χ1v) is 8.36. The largest absolute Gasteiger partial charge is 0.356 e. The van der Waals surface area contributed by atoms with E-state index >= 15 is 0 Å². The van der Waals surface area contributed by atoms with Gasteiger partial charge in [-0.2, -0.15) is 5.10 Å². The number of benzene rings is 1. The molecule has 1 aromatic heterocycles. The molecule has 0 bridgehead atoms. The van der Waals surface area contributed by atoms with Gasteiger partial charge < -0.3 is 5.32 Å². The molecule has 1 atom stereocenters. The van der Waals surface area contributed by atoms with Gasteiger partial charge in [0.1, 0.15) is 0 Å². The predicted molar refractivity (Wildman–Crippen MR) is 93.3 cm³/mol. The molecule has 1 N–H and O–H groups in total. The minimum Gasteiger partial charge on any atom is -0.356 e. The van der Waals surface area contributed by atoms with Gasteiger partial charge >= 0.3 is 0 Å². The van der Waals surface area contributed by atoms with Crippen LogP contribution in [0.5, 0.6) is 0 Å². The Morgan fingerprint density at radius 3 is 2.65 bits per heavy atom. The number of hydrogen-bond acceptors (Lipinski definition) is 2. The van der Waals surface area contributed by atoms with E-state index in [1.54, 1.807) is 0 Å². The van der Waals surface area contributed by atoms with Gasteiger partial charge in [-0.1, -0.05) is 37.3 Å². The molecule has 124 valence electrons. The normalized spacial score (nSPS) is 12.1. The van der Waals surface area contributed by atoms with Gasteiger partial charge in [0.2, 0.25) is 5.91 Å². The van der Waals surface area contributed by atoms with E-state index < -0.39 is 0 Å². The van der Waals surface area contributed by atoms with E-state index in [1.807, 2.05) is 29.8 Å². The van der Waals surface area contributed by atoms with E-state index in [1.165, 1.54) is 11.3 Å². The molecule has 0 aliphatic carbocycles. The quantitative estimate of drug-likeness (QED) is 0.813. The fourth-order valence-corrected chi connectivity index (χ4v) is 2.69. The summed E-state index contributed by atoms with van der Waals surface area (Å²) < 4.78 is 2.02. The molecule has 0 aliphatic rings. The first-order valence-electron chi connectivity index (χ1n) is 8.36. The Bertz CT molecular complexity index is 619. The van der Waals surface area contributed by atoms with E-state index in [0.717, 1.165) is 25.1 Å². The molecule has 0 unspecified atom stereocenters. The van der Waals surface area contributed by atoms with Crippen LogP contribution in [0.4, 0.5) is 0 Å². The fourth-order valence-electron chi connectivity index (χ4n) is 2.69. The average Bonchev–Trinajstić information content (AvgIpc) is 2.84. The third-order valence-electron chi connectivity index (χ3n) is 3.95. The van der Waals surface area contributed by atoms with Gasteiger partial charge in [-0.15, -0.1) is 0 Å². The van der Waals surface area contributed by atoms with Crippen LogP contribution < -0.4 is 5.32 Å². The molecule has 0 saturated heterocycles. The van der Waals surface area contributed by atoms with Gasteiger partial charge in [0.15, 0.2) is 0 Å². The van der Waals surface area contributed by atoms with Gasteiger partial charge in [-0.3, -0.25) is 9.48 Å². The maximum absolute atomic E-state index is 11.9. The van der Waals surface area contributed by atoms with E-state index in [2.05, 4.69) is 42.5 Å². The molecule has 0 saturated carbocycles. The third kappa shape index (κ3) is 5.89. The van der Waals surface area contributed by atoms with Crippen LogP contribution in [-0.2, 0) is 17.8 Å². The highest BCUT2D eigenvalue weighted by atomic mass is 16.1. The lowest BCUT2D eigenvalue weighted by molar-refractivity contribution is -0.121. The van der Waals surface area contributed by atoms with E-state index in [-0.39, 0.29) is 5.91 Å². The van der Waals surface area contributed by atoms with Crippen molar-refractivity contribution in [3.05, 3.63) is 53.3 Å². The van der Waals surface area contributed by atoms with Crippen molar-refractivity contribution in [1.82, 2.24) is 15.1 Å². The summed E-state index contributed by atoms with van der Waals surface area (Å²) in [5.41, 5.74) is 3.50. The van der Waals surface area contributed by atoms with Crippen LogP contribution in [-0.4, -0.2) is 22.2 Å². The fraction of sp³-hybridized carbons (Fsp3) is 0.474. The molecule has 1 amide bonds. The molecule has 2 rings (SSSR count). The standard InChI is InChI=1S/C19H27N3O/c1-15(14-22-17(3)12-16(2)21-22)13-20-19(23)11-7-10-18-8-5-4-6-9-18/h4-6,8-9,12,15H,7,10-11,13-14H2,1-3H3,(H,20,23)/t15-/m0/s1. The first-order chi connectivity index (χ1) is 11.0. The van der Waals surface area contributed by atoms with Crippen LogP contribution >= 0.6 is 0 Å². The van der Waals surface area contributed by atoms with Gasteiger partial charge in [-0.05, 0) is 44.2 Å². The van der Waals surface area contributed by atoms with Gasteiger partial charge in [0.05, 0.1) is 5.69 Å². The summed E-state index contributed by atoms with van der Waals surface area (Å²) in [4.78, 5) is 11.9. The lowest BCUT2D eigenvalue weighted by atomic mass is 10.1. The number of aryl methyl sites for hydroxylation is 3. The van der Waals surface area contributed by atoms with Crippen molar-refractivity contribution in [1.29, 1.82) is 0 Å². The summed E-state index contributed by atoms with van der Waals surface area (Å²) in [5.74, 6) is 0.507. The smallest absolute Gasteiger partial charge is 0.220 e. The molecular formula is C19H27N3O. The summed E-state index contributed by atoms with van der Waals surface area (Å²) in [6.07, 6.45) is 2.43. The maximum atomic E-state index is 11.9. The Kier molecular flexibility index (Phi) is 6.39. The van der Waals surface area contributed by atoms with Crippen molar-refractivity contribution in [2.75, 3.05) is 6.54 Å². The van der Waals surface area contributed by atoms with Crippen LogP contribution in [0.3, 0.4) is 0 Å². The first kappa shape index (κ1) is 17.3. The maximum Gasteiger partial charge on any atom is 0.220 e. The van der Waals surface area contributed by atoms with E-state index in [4.69, 9.17) is 0 Å². The molecule has 0 aliphatic heterocycles. The molecule has 2 aromatic rings. The van der Waals surface area contributed by atoms with Crippen LogP contribution in [0.2, 0.25) is 0 Å². The summed E-state index contributed by atoms with van der Waals surface area (Å²) in [5, 5.41) is 7.50. The second-order valence-electron chi connectivity index (χ2n) is 6.36. The molecule has 4 nitrogen and oxygen atoms in total. The number of nitrogens with zero attached hydrogens (tertiary/aromatic N) is 2. The number of carbonyl (C=O) groups is 1. The highest BCUT2D eigenvalue weighted by molar-refractivity contribution is 5.75. The van der Waals surface area contributed by atoms with Crippen LogP contribution in [0, 0.1) is 19.8 Å². The molecule has 0 spiro atoms. The Hall–Kier alpha value is -2.10. The van der Waals surface area contributed by atoms with Crippen molar-refractivity contribution in [2.45, 2.75) is 46.6 Å². The van der Waals surface area contributed by atoms with Gasteiger partial charge in [0.25, 0.3) is 0 Å². The van der Waals surface area contributed by atoms with Crippen molar-refractivity contribution in [3.63, 3.8) is 0 Å². The van der Waals surface area contributed by atoms with Crippen LogP contribution in [0.15, 0.2) is 36.4 Å². The zero-order valence-corrected chi connectivity index (χ0v) is 14.4. The summed E-state index contributed by atoms with van der Waals surface area (Å²) in [6, 6.07) is 12.4. The van der Waals surface area contributed by atoms with Crippen molar-refractivity contribution >= 4 is 5.91 Å². The van der Waals surface area contributed by atoms with E-state index in [9.17, 15) is 4.79 Å². The highest BCUT2D eigenvalue weighted by Crippen LogP contribution is 2.07. The molecule has 1 heterocycles. The number of carbonyl (C=O) groups excluding carboxylic acids is 1. The molecule has 23 heavy (non-hydrogen) atoms. The summed E-state index contributed by atoms with van der Waals surface area (Å²) >= 11 is 0. The SMILES string of the molecule is Cc1cc(C)n(C[C@@H](C)CNC(=O)CCCc2ccccc2)n1. The second kappa shape index (κ2) is 8.51. The van der Waals surface area contributed by atoms with Crippen LogP contribution in [0.1, 0.15) is 36.7 Å². The number of aromatic nitrogens is 2. The molecular weight excluding hydrogens is 286 g/mol. The topological polar surface area (TPSA) is 46.9 Å². The molecule has 1 aromatic carbocycles. The minimum atomic E-state index is 0.140. The summed E-state index contributed by atoms with van der Waals surface area (Å²) in [6.45, 7) is 7.74. The Morgan fingerprint density at radius 1 is 1.26 bits per heavy atom. The number of hydrogen-bond donors (Lipinski definition) is 1. The van der Waals surface area contributed by atoms with Gasteiger partial charge in [-0.25, -0.2) is 0 Å². The zero-order valence-electron chi connectivity index (χ0n) is 14.4. The lowest BCUT2D eigenvalue weighted by Gasteiger charge is -2.14. The average molecular weight is 313 g/mol. The Morgan fingerprint density at radius 2 is 2.00 bits per heavy atom. The van der Waals surface area contributed by atoms with Crippen molar-refractivity contribution in [3.8, 4) is 0 Å². The monoisotopic (exact) mass is 313 g/mol. The predicted octanol–water partition coefficient (Wildman–Crippen LogP) is 3.28. The molecule has 0 radical (unpaired) electrons. The number of amides is 1. The molecule has 4 heteroatoms. The van der Waals surface area contributed by atoms with Crippen LogP contribution in [0.25, 0.3) is 0 Å². The minimum absolute atomic E-state index is 0.140.